The number of benzene rings is 1. The van der Waals surface area contributed by atoms with Crippen LogP contribution in [0.1, 0.15) is 5.69 Å². The molecule has 5 nitrogen and oxygen atoms in total. The summed E-state index contributed by atoms with van der Waals surface area (Å²) < 4.78 is 40.4. The number of aromatic nitrogens is 4. The van der Waals surface area contributed by atoms with Crippen LogP contribution < -0.4 is 5.73 Å². The molecule has 2 N–H and O–H groups in total. The molecule has 0 saturated heterocycles. The van der Waals surface area contributed by atoms with E-state index in [1.165, 1.54) is 19.6 Å². The summed E-state index contributed by atoms with van der Waals surface area (Å²) in [5.74, 6) is 0.222. The minimum atomic E-state index is -4.54. The number of para-hydroxylation sites is 1. The molecule has 108 valence electrons. The van der Waals surface area contributed by atoms with Crippen LogP contribution in [0.25, 0.3) is 22.0 Å². The van der Waals surface area contributed by atoms with Crippen molar-refractivity contribution in [3.05, 3.63) is 36.4 Å². The average Bonchev–Trinajstić information content (AvgIpc) is 2.81. The predicted octanol–water partition coefficient (Wildman–Crippen LogP) is 2.63. The Hall–Kier alpha value is -2.64. The van der Waals surface area contributed by atoms with Crippen molar-refractivity contribution in [3.63, 3.8) is 0 Å². The van der Waals surface area contributed by atoms with Gasteiger partial charge in [-0.25, -0.2) is 9.97 Å². The molecule has 0 bridgehead atoms. The van der Waals surface area contributed by atoms with E-state index in [0.717, 1.165) is 4.68 Å². The maximum Gasteiger partial charge on any atom is 0.435 e. The first-order valence-corrected chi connectivity index (χ1v) is 5.98. The monoisotopic (exact) mass is 293 g/mol. The van der Waals surface area contributed by atoms with Crippen molar-refractivity contribution in [1.82, 2.24) is 19.7 Å². The van der Waals surface area contributed by atoms with Crippen LogP contribution in [0, 0.1) is 0 Å². The van der Waals surface area contributed by atoms with Gasteiger partial charge in [0.2, 0.25) is 0 Å². The highest BCUT2D eigenvalue weighted by Crippen LogP contribution is 2.38. The quantitative estimate of drug-likeness (QED) is 0.748. The van der Waals surface area contributed by atoms with Crippen molar-refractivity contribution in [2.75, 3.05) is 5.73 Å². The number of nitrogens with zero attached hydrogens (tertiary/aromatic N) is 4. The van der Waals surface area contributed by atoms with E-state index in [1.807, 2.05) is 0 Å². The van der Waals surface area contributed by atoms with Crippen molar-refractivity contribution in [1.29, 1.82) is 0 Å². The van der Waals surface area contributed by atoms with Gasteiger partial charge in [-0.15, -0.1) is 0 Å². The van der Waals surface area contributed by atoms with Gasteiger partial charge in [-0.1, -0.05) is 12.1 Å². The third-order valence-electron chi connectivity index (χ3n) is 3.08. The van der Waals surface area contributed by atoms with Gasteiger partial charge in [0.15, 0.2) is 5.69 Å². The molecular formula is C13H10F3N5. The molecule has 0 aliphatic rings. The smallest absolute Gasteiger partial charge is 0.383 e. The minimum Gasteiger partial charge on any atom is -0.383 e. The molecule has 0 atom stereocenters. The van der Waals surface area contributed by atoms with Crippen LogP contribution in [-0.4, -0.2) is 19.7 Å². The molecule has 0 unspecified atom stereocenters. The Morgan fingerprint density at radius 3 is 2.62 bits per heavy atom. The topological polar surface area (TPSA) is 69.6 Å². The molecule has 8 heteroatoms. The zero-order valence-electron chi connectivity index (χ0n) is 10.9. The summed E-state index contributed by atoms with van der Waals surface area (Å²) in [6, 6.07) is 4.84. The molecule has 0 amide bonds. The normalized spacial score (nSPS) is 12.0. The van der Waals surface area contributed by atoms with E-state index >= 15 is 0 Å². The summed E-state index contributed by atoms with van der Waals surface area (Å²) in [7, 11) is 1.44. The number of fused-ring (bicyclic) bond motifs is 1. The van der Waals surface area contributed by atoms with Gasteiger partial charge in [-0.05, 0) is 6.07 Å². The van der Waals surface area contributed by atoms with Gasteiger partial charge in [0.25, 0.3) is 0 Å². The molecule has 0 fully saturated rings. The average molecular weight is 293 g/mol. The van der Waals surface area contributed by atoms with Crippen molar-refractivity contribution in [2.24, 2.45) is 7.05 Å². The number of hydrogen-bond donors (Lipinski definition) is 1. The van der Waals surface area contributed by atoms with E-state index in [4.69, 9.17) is 5.73 Å². The Labute approximate surface area is 117 Å². The lowest BCUT2D eigenvalue weighted by atomic mass is 10.0. The second-order valence-corrected chi connectivity index (χ2v) is 4.52. The Balaban J connectivity index is 2.34. The Morgan fingerprint density at radius 1 is 1.14 bits per heavy atom. The van der Waals surface area contributed by atoms with Crippen molar-refractivity contribution in [3.8, 4) is 11.1 Å². The summed E-state index contributed by atoms with van der Waals surface area (Å²) in [5.41, 5.74) is 5.44. The van der Waals surface area contributed by atoms with E-state index in [-0.39, 0.29) is 11.4 Å². The molecule has 1 aromatic carbocycles. The van der Waals surface area contributed by atoms with Crippen LogP contribution in [0.15, 0.2) is 30.7 Å². The van der Waals surface area contributed by atoms with E-state index in [0.29, 0.717) is 16.5 Å². The first kappa shape index (κ1) is 13.3. The standard InChI is InChI=1S/C13H10F3N5/c1-21-5-9(11(20-21)13(14,15)16)7-3-2-4-8-10(7)18-6-19-12(8)17/h2-6H,1H3,(H2,17,18,19). The zero-order valence-corrected chi connectivity index (χ0v) is 10.9. The molecule has 3 aromatic rings. The van der Waals surface area contributed by atoms with Gasteiger partial charge in [-0.3, -0.25) is 4.68 Å². The van der Waals surface area contributed by atoms with Crippen LogP contribution in [0.4, 0.5) is 19.0 Å². The molecule has 0 spiro atoms. The number of halogens is 3. The van der Waals surface area contributed by atoms with E-state index in [2.05, 4.69) is 15.1 Å². The number of rotatable bonds is 1. The van der Waals surface area contributed by atoms with Crippen LogP contribution in [0.2, 0.25) is 0 Å². The number of alkyl halides is 3. The summed E-state index contributed by atoms with van der Waals surface area (Å²) >= 11 is 0. The lowest BCUT2D eigenvalue weighted by Crippen LogP contribution is -2.08. The highest BCUT2D eigenvalue weighted by molar-refractivity contribution is 5.98. The minimum absolute atomic E-state index is 0.0336. The summed E-state index contributed by atoms with van der Waals surface area (Å²) in [6.07, 6.45) is -2.00. The van der Waals surface area contributed by atoms with E-state index in [1.54, 1.807) is 18.2 Å². The van der Waals surface area contributed by atoms with Gasteiger partial charge in [-0.2, -0.15) is 18.3 Å². The lowest BCUT2D eigenvalue weighted by Gasteiger charge is -2.08. The van der Waals surface area contributed by atoms with Gasteiger partial charge in [0.05, 0.1) is 5.52 Å². The second kappa shape index (κ2) is 4.44. The first-order chi connectivity index (χ1) is 9.88. The number of nitrogens with two attached hydrogens (primary N) is 1. The number of anilines is 1. The molecule has 21 heavy (non-hydrogen) atoms. The number of hydrogen-bond acceptors (Lipinski definition) is 4. The van der Waals surface area contributed by atoms with E-state index < -0.39 is 11.9 Å². The molecule has 3 rings (SSSR count). The van der Waals surface area contributed by atoms with E-state index in [9.17, 15) is 13.2 Å². The molecule has 0 aliphatic carbocycles. The Kier molecular flexibility index (Phi) is 2.82. The van der Waals surface area contributed by atoms with Crippen LogP contribution in [0.5, 0.6) is 0 Å². The van der Waals surface area contributed by atoms with Crippen LogP contribution in [-0.2, 0) is 13.2 Å². The Morgan fingerprint density at radius 2 is 1.90 bits per heavy atom. The van der Waals surface area contributed by atoms with Gasteiger partial charge >= 0.3 is 6.18 Å². The summed E-state index contributed by atoms with van der Waals surface area (Å²) in [5, 5.41) is 4.01. The third-order valence-corrected chi connectivity index (χ3v) is 3.08. The summed E-state index contributed by atoms with van der Waals surface area (Å²) in [6.45, 7) is 0. The lowest BCUT2D eigenvalue weighted by molar-refractivity contribution is -0.140. The molecule has 2 heterocycles. The number of nitrogen functional groups attached to an aromatic ring is 1. The second-order valence-electron chi connectivity index (χ2n) is 4.52. The first-order valence-electron chi connectivity index (χ1n) is 5.98. The van der Waals surface area contributed by atoms with Crippen molar-refractivity contribution < 1.29 is 13.2 Å². The fourth-order valence-electron chi connectivity index (χ4n) is 2.22. The summed E-state index contributed by atoms with van der Waals surface area (Å²) in [4.78, 5) is 7.90. The van der Waals surface area contributed by atoms with Gasteiger partial charge < -0.3 is 5.73 Å². The molecule has 0 saturated carbocycles. The zero-order chi connectivity index (χ0) is 15.2. The maximum absolute atomic E-state index is 13.1. The SMILES string of the molecule is Cn1cc(-c2cccc3c(N)ncnc23)c(C(F)(F)F)n1. The highest BCUT2D eigenvalue weighted by Gasteiger charge is 2.37. The highest BCUT2D eigenvalue weighted by atomic mass is 19.4. The molecular weight excluding hydrogens is 283 g/mol. The van der Waals surface area contributed by atoms with Crippen LogP contribution >= 0.6 is 0 Å². The number of aryl methyl sites for hydroxylation is 1. The molecule has 2 aromatic heterocycles. The van der Waals surface area contributed by atoms with Crippen LogP contribution in [0.3, 0.4) is 0 Å². The molecule has 0 aliphatic heterocycles. The maximum atomic E-state index is 13.1. The largest absolute Gasteiger partial charge is 0.435 e. The predicted molar refractivity (Wildman–Crippen MR) is 71.2 cm³/mol. The third kappa shape index (κ3) is 2.18. The molecule has 0 radical (unpaired) electrons. The fraction of sp³-hybridized carbons (Fsp3) is 0.154. The Bertz CT molecular complexity index is 822. The van der Waals surface area contributed by atoms with Gasteiger partial charge in [0.1, 0.15) is 12.1 Å². The van der Waals surface area contributed by atoms with Crippen molar-refractivity contribution >= 4 is 16.7 Å². The fourth-order valence-corrected chi connectivity index (χ4v) is 2.22. The van der Waals surface area contributed by atoms with Gasteiger partial charge in [0, 0.05) is 29.8 Å². The van der Waals surface area contributed by atoms with Crippen molar-refractivity contribution in [2.45, 2.75) is 6.18 Å².